The molecule has 0 saturated heterocycles. The fourth-order valence-electron chi connectivity index (χ4n) is 2.66. The van der Waals surface area contributed by atoms with Gasteiger partial charge in [0.05, 0.1) is 0 Å². The number of amides is 2. The average Bonchev–Trinajstić information content (AvgIpc) is 3.23. The van der Waals surface area contributed by atoms with Crippen molar-refractivity contribution >= 4 is 33.8 Å². The van der Waals surface area contributed by atoms with E-state index in [1.54, 1.807) is 36.4 Å². The number of furan rings is 1. The molecule has 0 atom stereocenters. The second-order valence-electron chi connectivity index (χ2n) is 6.42. The van der Waals surface area contributed by atoms with Crippen molar-refractivity contribution in [2.75, 3.05) is 13.2 Å². The summed E-state index contributed by atoms with van der Waals surface area (Å²) >= 11 is 3.40. The predicted molar refractivity (Wildman–Crippen MR) is 118 cm³/mol. The Morgan fingerprint density at radius 1 is 1.00 bits per heavy atom. The van der Waals surface area contributed by atoms with Crippen LogP contribution in [0.3, 0.4) is 0 Å². The van der Waals surface area contributed by atoms with Crippen molar-refractivity contribution < 1.29 is 19.1 Å². The summed E-state index contributed by atoms with van der Waals surface area (Å²) in [5.41, 5.74) is 1.38. The second-order valence-corrected chi connectivity index (χ2v) is 7.34. The van der Waals surface area contributed by atoms with E-state index in [0.717, 1.165) is 10.0 Å². The molecule has 154 valence electrons. The molecule has 1 heterocycles. The van der Waals surface area contributed by atoms with E-state index in [1.165, 1.54) is 6.08 Å². The SMILES string of the molecule is O=C(NCCCO)/C(=C/c1ccc(-c2ccc(Br)cc2)o1)NC(=O)c1ccccc1. The molecule has 0 aliphatic rings. The summed E-state index contributed by atoms with van der Waals surface area (Å²) in [4.78, 5) is 25.1. The number of aliphatic hydroxyl groups excluding tert-OH is 1. The van der Waals surface area contributed by atoms with Crippen molar-refractivity contribution in [1.29, 1.82) is 0 Å². The zero-order chi connectivity index (χ0) is 21.3. The van der Waals surface area contributed by atoms with Crippen LogP contribution in [0.5, 0.6) is 0 Å². The molecular weight excluding hydrogens is 448 g/mol. The van der Waals surface area contributed by atoms with Gasteiger partial charge in [-0.05, 0) is 42.8 Å². The Morgan fingerprint density at radius 3 is 2.43 bits per heavy atom. The summed E-state index contributed by atoms with van der Waals surface area (Å²) < 4.78 is 6.80. The van der Waals surface area contributed by atoms with Crippen LogP contribution in [-0.4, -0.2) is 30.1 Å². The molecular formula is C23H21BrN2O4. The maximum Gasteiger partial charge on any atom is 0.267 e. The zero-order valence-corrected chi connectivity index (χ0v) is 17.7. The smallest absolute Gasteiger partial charge is 0.267 e. The van der Waals surface area contributed by atoms with E-state index in [2.05, 4.69) is 26.6 Å². The van der Waals surface area contributed by atoms with Gasteiger partial charge in [0, 0.05) is 34.8 Å². The lowest BCUT2D eigenvalue weighted by Crippen LogP contribution is -2.35. The fourth-order valence-corrected chi connectivity index (χ4v) is 2.92. The molecule has 1 aromatic heterocycles. The highest BCUT2D eigenvalue weighted by atomic mass is 79.9. The van der Waals surface area contributed by atoms with Gasteiger partial charge < -0.3 is 20.2 Å². The monoisotopic (exact) mass is 468 g/mol. The third kappa shape index (κ3) is 5.92. The normalized spacial score (nSPS) is 11.2. The molecule has 0 spiro atoms. The first-order chi connectivity index (χ1) is 14.6. The molecule has 3 N–H and O–H groups in total. The van der Waals surface area contributed by atoms with Gasteiger partial charge in [-0.2, -0.15) is 0 Å². The Hall–Kier alpha value is -3.16. The molecule has 3 aromatic rings. The van der Waals surface area contributed by atoms with E-state index in [0.29, 0.717) is 23.5 Å². The van der Waals surface area contributed by atoms with Crippen molar-refractivity contribution in [2.45, 2.75) is 6.42 Å². The van der Waals surface area contributed by atoms with Gasteiger partial charge in [0.2, 0.25) is 0 Å². The van der Waals surface area contributed by atoms with Gasteiger partial charge in [-0.3, -0.25) is 9.59 Å². The Morgan fingerprint density at radius 2 is 1.73 bits per heavy atom. The molecule has 0 radical (unpaired) electrons. The summed E-state index contributed by atoms with van der Waals surface area (Å²) in [7, 11) is 0. The summed E-state index contributed by atoms with van der Waals surface area (Å²) in [6, 6.07) is 19.8. The van der Waals surface area contributed by atoms with Crippen LogP contribution in [0.2, 0.25) is 0 Å². The van der Waals surface area contributed by atoms with Crippen LogP contribution >= 0.6 is 15.9 Å². The lowest BCUT2D eigenvalue weighted by Gasteiger charge is -2.10. The minimum atomic E-state index is -0.464. The molecule has 3 rings (SSSR count). The summed E-state index contributed by atoms with van der Waals surface area (Å²) in [6.07, 6.45) is 1.90. The summed E-state index contributed by atoms with van der Waals surface area (Å²) in [6.45, 7) is 0.251. The second kappa shape index (κ2) is 10.6. The number of hydrogen-bond donors (Lipinski definition) is 3. The summed E-state index contributed by atoms with van der Waals surface area (Å²) in [5.74, 6) is 0.199. The largest absolute Gasteiger partial charge is 0.457 e. The first kappa shape index (κ1) is 21.5. The molecule has 2 aromatic carbocycles. The van der Waals surface area contributed by atoms with Gasteiger partial charge in [-0.1, -0.05) is 46.3 Å². The Labute approximate surface area is 182 Å². The zero-order valence-electron chi connectivity index (χ0n) is 16.1. The van der Waals surface area contributed by atoms with E-state index < -0.39 is 11.8 Å². The maximum atomic E-state index is 12.6. The number of benzene rings is 2. The highest BCUT2D eigenvalue weighted by molar-refractivity contribution is 9.10. The lowest BCUT2D eigenvalue weighted by molar-refractivity contribution is -0.117. The summed E-state index contributed by atoms with van der Waals surface area (Å²) in [5, 5.41) is 14.2. The van der Waals surface area contributed by atoms with Crippen molar-refractivity contribution in [1.82, 2.24) is 10.6 Å². The standard InChI is InChI=1S/C23H21BrN2O4/c24-18-9-7-16(8-10-18)21-12-11-19(30-21)15-20(23(29)25-13-4-14-27)26-22(28)17-5-2-1-3-6-17/h1-3,5-12,15,27H,4,13-14H2,(H,25,29)(H,26,28)/b20-15-. The highest BCUT2D eigenvalue weighted by Crippen LogP contribution is 2.25. The van der Waals surface area contributed by atoms with E-state index in [9.17, 15) is 9.59 Å². The third-order valence-electron chi connectivity index (χ3n) is 4.19. The van der Waals surface area contributed by atoms with E-state index in [-0.39, 0.29) is 18.8 Å². The van der Waals surface area contributed by atoms with Gasteiger partial charge in [0.25, 0.3) is 11.8 Å². The molecule has 7 heteroatoms. The van der Waals surface area contributed by atoms with Crippen molar-refractivity contribution in [3.05, 3.63) is 88.2 Å². The molecule has 0 bridgehead atoms. The highest BCUT2D eigenvalue weighted by Gasteiger charge is 2.15. The van der Waals surface area contributed by atoms with Crippen LogP contribution < -0.4 is 10.6 Å². The van der Waals surface area contributed by atoms with Gasteiger partial charge in [0.1, 0.15) is 17.2 Å². The third-order valence-corrected chi connectivity index (χ3v) is 4.72. The molecule has 2 amide bonds. The number of carbonyl (C=O) groups is 2. The van der Waals surface area contributed by atoms with Gasteiger partial charge in [-0.25, -0.2) is 0 Å². The Balaban J connectivity index is 1.83. The fraction of sp³-hybridized carbons (Fsp3) is 0.130. The topological polar surface area (TPSA) is 91.6 Å². The van der Waals surface area contributed by atoms with Gasteiger partial charge in [-0.15, -0.1) is 0 Å². The van der Waals surface area contributed by atoms with Crippen LogP contribution in [0.1, 0.15) is 22.5 Å². The van der Waals surface area contributed by atoms with Crippen molar-refractivity contribution in [3.8, 4) is 11.3 Å². The Kier molecular flexibility index (Phi) is 7.59. The van der Waals surface area contributed by atoms with Gasteiger partial charge >= 0.3 is 0 Å². The molecule has 0 aliphatic carbocycles. The predicted octanol–water partition coefficient (Wildman–Crippen LogP) is 3.98. The number of aliphatic hydroxyl groups is 1. The first-order valence-corrected chi connectivity index (χ1v) is 10.2. The van der Waals surface area contributed by atoms with E-state index in [4.69, 9.17) is 9.52 Å². The van der Waals surface area contributed by atoms with Crippen LogP contribution in [0.15, 0.2) is 81.3 Å². The number of rotatable bonds is 8. The van der Waals surface area contributed by atoms with Crippen LogP contribution in [-0.2, 0) is 4.79 Å². The van der Waals surface area contributed by atoms with Crippen LogP contribution in [0.25, 0.3) is 17.4 Å². The Bertz CT molecular complexity index is 1030. The van der Waals surface area contributed by atoms with E-state index in [1.807, 2.05) is 30.3 Å². The molecule has 6 nitrogen and oxygen atoms in total. The minimum Gasteiger partial charge on any atom is -0.457 e. The quantitative estimate of drug-likeness (QED) is 0.344. The van der Waals surface area contributed by atoms with Crippen molar-refractivity contribution in [2.24, 2.45) is 0 Å². The van der Waals surface area contributed by atoms with Crippen LogP contribution in [0.4, 0.5) is 0 Å². The molecule has 0 saturated carbocycles. The number of nitrogens with one attached hydrogen (secondary N) is 2. The van der Waals surface area contributed by atoms with Crippen LogP contribution in [0, 0.1) is 0 Å². The van der Waals surface area contributed by atoms with Gasteiger partial charge in [0.15, 0.2) is 0 Å². The minimum absolute atomic E-state index is 0.0373. The number of halogens is 1. The molecule has 0 fully saturated rings. The first-order valence-electron chi connectivity index (χ1n) is 9.40. The van der Waals surface area contributed by atoms with Crippen molar-refractivity contribution in [3.63, 3.8) is 0 Å². The molecule has 0 aliphatic heterocycles. The maximum absolute atomic E-state index is 12.6. The number of hydrogen-bond acceptors (Lipinski definition) is 4. The lowest BCUT2D eigenvalue weighted by atomic mass is 10.2. The molecule has 0 unspecified atom stereocenters. The average molecular weight is 469 g/mol. The van der Waals surface area contributed by atoms with E-state index >= 15 is 0 Å². The number of carbonyl (C=O) groups excluding carboxylic acids is 2. The molecule has 30 heavy (non-hydrogen) atoms.